The zero-order valence-electron chi connectivity index (χ0n) is 15.7. The van der Waals surface area contributed by atoms with Gasteiger partial charge in [-0.05, 0) is 55.8 Å². The van der Waals surface area contributed by atoms with Crippen LogP contribution >= 0.6 is 0 Å². The fourth-order valence-electron chi connectivity index (χ4n) is 2.68. The first-order valence-corrected chi connectivity index (χ1v) is 8.75. The summed E-state index contributed by atoms with van der Waals surface area (Å²) in [5.41, 5.74) is 8.81. The molecule has 7 heteroatoms. The number of nitrogens with two attached hydrogens (primary N) is 1. The monoisotopic (exact) mass is 379 g/mol. The molecule has 0 spiro atoms. The molecule has 28 heavy (non-hydrogen) atoms. The van der Waals surface area contributed by atoms with Crippen molar-refractivity contribution in [3.8, 4) is 5.75 Å². The Bertz CT molecular complexity index is 956. The molecule has 0 aliphatic carbocycles. The van der Waals surface area contributed by atoms with E-state index in [9.17, 15) is 9.59 Å². The lowest BCUT2D eigenvalue weighted by Crippen LogP contribution is -2.15. The molecule has 0 saturated heterocycles. The third-order valence-electron chi connectivity index (χ3n) is 4.31. The van der Waals surface area contributed by atoms with Crippen molar-refractivity contribution in [2.24, 2.45) is 5.73 Å². The van der Waals surface area contributed by atoms with Crippen LogP contribution in [-0.2, 0) is 17.8 Å². The SMILES string of the molecule is Cc1noc(C)c1COc1ccc(CC(=O)Nc2ccc(C(N)=O)cc2)cc1. The van der Waals surface area contributed by atoms with Crippen LogP contribution in [0.4, 0.5) is 5.69 Å². The maximum Gasteiger partial charge on any atom is 0.248 e. The number of nitrogens with zero attached hydrogens (tertiary/aromatic N) is 1. The van der Waals surface area contributed by atoms with Gasteiger partial charge in [0.25, 0.3) is 0 Å². The number of anilines is 1. The average molecular weight is 379 g/mol. The molecule has 3 aromatic rings. The minimum absolute atomic E-state index is 0.156. The number of benzene rings is 2. The smallest absolute Gasteiger partial charge is 0.248 e. The van der Waals surface area contributed by atoms with Crippen molar-refractivity contribution in [1.29, 1.82) is 0 Å². The normalized spacial score (nSPS) is 10.5. The summed E-state index contributed by atoms with van der Waals surface area (Å²) in [6, 6.07) is 13.8. The third-order valence-corrected chi connectivity index (χ3v) is 4.31. The van der Waals surface area contributed by atoms with Crippen LogP contribution in [0, 0.1) is 13.8 Å². The number of primary amides is 1. The van der Waals surface area contributed by atoms with Crippen LogP contribution in [0.2, 0.25) is 0 Å². The van der Waals surface area contributed by atoms with Gasteiger partial charge in [-0.3, -0.25) is 9.59 Å². The van der Waals surface area contributed by atoms with Gasteiger partial charge in [0, 0.05) is 11.3 Å². The number of aryl methyl sites for hydroxylation is 2. The van der Waals surface area contributed by atoms with Gasteiger partial charge >= 0.3 is 0 Å². The fourth-order valence-corrected chi connectivity index (χ4v) is 2.68. The van der Waals surface area contributed by atoms with E-state index in [1.54, 1.807) is 24.3 Å². The number of amides is 2. The van der Waals surface area contributed by atoms with Crippen LogP contribution in [0.1, 0.15) is 32.9 Å². The highest BCUT2D eigenvalue weighted by Gasteiger charge is 2.10. The Morgan fingerprint density at radius 2 is 1.75 bits per heavy atom. The van der Waals surface area contributed by atoms with Crippen molar-refractivity contribution in [2.45, 2.75) is 26.9 Å². The molecule has 7 nitrogen and oxygen atoms in total. The largest absolute Gasteiger partial charge is 0.489 e. The molecule has 144 valence electrons. The minimum atomic E-state index is -0.505. The summed E-state index contributed by atoms with van der Waals surface area (Å²) in [4.78, 5) is 23.3. The standard InChI is InChI=1S/C21H21N3O4/c1-13-19(14(2)28-24-13)12-27-18-9-3-15(4-10-18)11-20(25)23-17-7-5-16(6-8-17)21(22)26/h3-10H,11-12H2,1-2H3,(H2,22,26)(H,23,25). The number of aromatic nitrogens is 1. The van der Waals surface area contributed by atoms with Crippen LogP contribution < -0.4 is 15.8 Å². The highest BCUT2D eigenvalue weighted by Crippen LogP contribution is 2.18. The van der Waals surface area contributed by atoms with E-state index >= 15 is 0 Å². The van der Waals surface area contributed by atoms with Crippen LogP contribution in [0.3, 0.4) is 0 Å². The Morgan fingerprint density at radius 3 is 2.32 bits per heavy atom. The number of hydrogen-bond acceptors (Lipinski definition) is 5. The molecule has 0 atom stereocenters. The molecular weight excluding hydrogens is 358 g/mol. The van der Waals surface area contributed by atoms with Crippen molar-refractivity contribution in [3.05, 3.63) is 76.7 Å². The van der Waals surface area contributed by atoms with Gasteiger partial charge < -0.3 is 20.3 Å². The Hall–Kier alpha value is -3.61. The Kier molecular flexibility index (Phi) is 5.74. The molecule has 0 saturated carbocycles. The number of carbonyl (C=O) groups is 2. The number of hydrogen-bond donors (Lipinski definition) is 2. The zero-order chi connectivity index (χ0) is 20.1. The summed E-state index contributed by atoms with van der Waals surface area (Å²) in [6.45, 7) is 4.10. The van der Waals surface area contributed by atoms with Crippen molar-refractivity contribution < 1.29 is 18.8 Å². The summed E-state index contributed by atoms with van der Waals surface area (Å²) < 4.78 is 10.9. The van der Waals surface area contributed by atoms with Gasteiger partial charge in [0.15, 0.2) is 0 Å². The van der Waals surface area contributed by atoms with Crippen LogP contribution in [0.15, 0.2) is 53.1 Å². The Labute approximate surface area is 162 Å². The van der Waals surface area contributed by atoms with Crippen molar-refractivity contribution in [2.75, 3.05) is 5.32 Å². The minimum Gasteiger partial charge on any atom is -0.489 e. The summed E-state index contributed by atoms with van der Waals surface area (Å²) in [5, 5.41) is 6.69. The highest BCUT2D eigenvalue weighted by atomic mass is 16.5. The molecule has 0 bridgehead atoms. The van der Waals surface area contributed by atoms with Crippen LogP contribution in [0.25, 0.3) is 0 Å². The lowest BCUT2D eigenvalue weighted by Gasteiger charge is -2.08. The zero-order valence-corrected chi connectivity index (χ0v) is 15.7. The molecule has 0 aliphatic rings. The van der Waals surface area contributed by atoms with Gasteiger partial charge in [-0.25, -0.2) is 0 Å². The second-order valence-electron chi connectivity index (χ2n) is 6.40. The van der Waals surface area contributed by atoms with Crippen LogP contribution in [0.5, 0.6) is 5.75 Å². The van der Waals surface area contributed by atoms with E-state index in [1.807, 2.05) is 38.1 Å². The topological polar surface area (TPSA) is 107 Å². The first-order valence-electron chi connectivity index (χ1n) is 8.75. The van der Waals surface area contributed by atoms with Gasteiger partial charge in [-0.2, -0.15) is 0 Å². The molecule has 2 amide bonds. The van der Waals surface area contributed by atoms with Crippen molar-refractivity contribution >= 4 is 17.5 Å². The highest BCUT2D eigenvalue weighted by molar-refractivity contribution is 5.95. The molecule has 3 rings (SSSR count). The molecule has 0 aliphatic heterocycles. The Morgan fingerprint density at radius 1 is 1.07 bits per heavy atom. The number of nitrogens with one attached hydrogen (secondary N) is 1. The van der Waals surface area contributed by atoms with E-state index in [4.69, 9.17) is 15.0 Å². The van der Waals surface area contributed by atoms with Crippen molar-refractivity contribution in [1.82, 2.24) is 5.16 Å². The van der Waals surface area contributed by atoms with Gasteiger partial charge in [0.1, 0.15) is 18.1 Å². The summed E-state index contributed by atoms with van der Waals surface area (Å²) in [6.07, 6.45) is 0.224. The quantitative estimate of drug-likeness (QED) is 0.656. The first-order chi connectivity index (χ1) is 13.4. The molecule has 0 unspecified atom stereocenters. The average Bonchev–Trinajstić information content (AvgIpc) is 2.99. The van der Waals surface area contributed by atoms with E-state index in [-0.39, 0.29) is 12.3 Å². The number of rotatable bonds is 7. The van der Waals surface area contributed by atoms with E-state index in [0.29, 0.717) is 23.6 Å². The van der Waals surface area contributed by atoms with Gasteiger partial charge in [-0.15, -0.1) is 0 Å². The van der Waals surface area contributed by atoms with E-state index in [0.717, 1.165) is 22.6 Å². The molecule has 1 aromatic heterocycles. The maximum atomic E-state index is 12.2. The van der Waals surface area contributed by atoms with Crippen molar-refractivity contribution in [3.63, 3.8) is 0 Å². The molecule has 0 fully saturated rings. The molecular formula is C21H21N3O4. The summed E-state index contributed by atoms with van der Waals surface area (Å²) in [7, 11) is 0. The van der Waals surface area contributed by atoms with E-state index in [1.165, 1.54) is 0 Å². The fraction of sp³-hybridized carbons (Fsp3) is 0.190. The summed E-state index contributed by atoms with van der Waals surface area (Å²) in [5.74, 6) is 0.784. The molecule has 2 aromatic carbocycles. The van der Waals surface area contributed by atoms with E-state index < -0.39 is 5.91 Å². The lowest BCUT2D eigenvalue weighted by atomic mass is 10.1. The van der Waals surface area contributed by atoms with Crippen LogP contribution in [-0.4, -0.2) is 17.0 Å². The molecule has 1 heterocycles. The van der Waals surface area contributed by atoms with E-state index in [2.05, 4.69) is 10.5 Å². The third kappa shape index (κ3) is 4.76. The number of ether oxygens (including phenoxy) is 1. The first kappa shape index (κ1) is 19.2. The van der Waals surface area contributed by atoms with Gasteiger partial charge in [0.2, 0.25) is 11.8 Å². The predicted octanol–water partition coefficient (Wildman–Crippen LogP) is 3.15. The van der Waals surface area contributed by atoms with Gasteiger partial charge in [-0.1, -0.05) is 17.3 Å². The second-order valence-corrected chi connectivity index (χ2v) is 6.40. The number of carbonyl (C=O) groups excluding carboxylic acids is 2. The van der Waals surface area contributed by atoms with Gasteiger partial charge in [0.05, 0.1) is 17.7 Å². The predicted molar refractivity (Wildman–Crippen MR) is 104 cm³/mol. The maximum absolute atomic E-state index is 12.2. The lowest BCUT2D eigenvalue weighted by molar-refractivity contribution is -0.115. The Balaban J connectivity index is 1.53. The second kappa shape index (κ2) is 8.39. The molecule has 3 N–H and O–H groups in total. The summed E-state index contributed by atoms with van der Waals surface area (Å²) >= 11 is 0. The molecule has 0 radical (unpaired) electrons.